The van der Waals surface area contributed by atoms with E-state index in [-0.39, 0.29) is 0 Å². The Hall–Kier alpha value is -1.78. The van der Waals surface area contributed by atoms with Gasteiger partial charge in [0.2, 0.25) is 5.95 Å². The summed E-state index contributed by atoms with van der Waals surface area (Å²) in [5.41, 5.74) is 8.25. The summed E-state index contributed by atoms with van der Waals surface area (Å²) in [5.74, 6) is 4.29. The molecule has 4 aliphatic carbocycles. The number of pyridine rings is 1. The number of rotatable bonds is 4. The summed E-state index contributed by atoms with van der Waals surface area (Å²) >= 11 is 0. The van der Waals surface area contributed by atoms with E-state index in [1.54, 1.807) is 0 Å². The number of nitrogens with zero attached hydrogens (tertiary/aromatic N) is 3. The predicted octanol–water partition coefficient (Wildman–Crippen LogP) is 3.47. The lowest BCUT2D eigenvalue weighted by Crippen LogP contribution is -2.48. The molecule has 4 bridgehead atoms. The van der Waals surface area contributed by atoms with Gasteiger partial charge in [-0.2, -0.15) is 0 Å². The van der Waals surface area contributed by atoms with Gasteiger partial charge in [-0.15, -0.1) is 10.2 Å². The molecule has 4 fully saturated rings. The van der Waals surface area contributed by atoms with Gasteiger partial charge in [0.1, 0.15) is 5.75 Å². The minimum Gasteiger partial charge on any atom is -0.493 e. The molecule has 128 valence electrons. The van der Waals surface area contributed by atoms with Crippen molar-refractivity contribution in [2.45, 2.75) is 51.9 Å². The smallest absolute Gasteiger partial charge is 0.226 e. The van der Waals surface area contributed by atoms with Crippen molar-refractivity contribution in [2.24, 2.45) is 23.2 Å². The maximum Gasteiger partial charge on any atom is 0.226 e. The second-order valence-electron chi connectivity index (χ2n) is 8.51. The van der Waals surface area contributed by atoms with Crippen molar-refractivity contribution in [1.29, 1.82) is 0 Å². The summed E-state index contributed by atoms with van der Waals surface area (Å²) in [5, 5.41) is 8.10. The number of fused-ring (bicyclic) bond motifs is 1. The van der Waals surface area contributed by atoms with E-state index in [0.29, 0.717) is 11.4 Å². The molecule has 0 aliphatic heterocycles. The van der Waals surface area contributed by atoms with E-state index in [9.17, 15) is 0 Å². The van der Waals surface area contributed by atoms with Gasteiger partial charge >= 0.3 is 0 Å². The Kier molecular flexibility index (Phi) is 3.10. The molecule has 0 aromatic carbocycles. The standard InChI is InChI=1S/C19H26N4O/c1-2-15-10-23-17(21-22-18(23)20)6-16(15)24-11-19-7-12-3-13(8-19)5-14(4-12)9-19/h6,10,12-14H,2-5,7-9,11H2,1H3,(H2,20,22). The number of nitrogen functional groups attached to an aromatic ring is 1. The number of aromatic nitrogens is 3. The first kappa shape index (κ1) is 14.6. The summed E-state index contributed by atoms with van der Waals surface area (Å²) in [6.45, 7) is 3.02. The van der Waals surface area contributed by atoms with Gasteiger partial charge in [-0.05, 0) is 62.7 Å². The summed E-state index contributed by atoms with van der Waals surface area (Å²) in [6, 6.07) is 2.00. The number of aryl methyl sites for hydroxylation is 1. The van der Waals surface area contributed by atoms with Gasteiger partial charge in [0, 0.05) is 23.2 Å². The monoisotopic (exact) mass is 326 g/mol. The van der Waals surface area contributed by atoms with Crippen molar-refractivity contribution in [3.8, 4) is 5.75 Å². The zero-order chi connectivity index (χ0) is 16.3. The molecule has 5 nitrogen and oxygen atoms in total. The van der Waals surface area contributed by atoms with E-state index in [4.69, 9.17) is 10.5 Å². The van der Waals surface area contributed by atoms with Crippen LogP contribution in [0.2, 0.25) is 0 Å². The first-order valence-corrected chi connectivity index (χ1v) is 9.40. The van der Waals surface area contributed by atoms with Crippen molar-refractivity contribution < 1.29 is 4.74 Å². The van der Waals surface area contributed by atoms with Crippen LogP contribution in [0.15, 0.2) is 12.3 Å². The van der Waals surface area contributed by atoms with Crippen LogP contribution in [0.5, 0.6) is 5.75 Å². The van der Waals surface area contributed by atoms with Crippen LogP contribution in [0.25, 0.3) is 5.65 Å². The molecule has 2 aromatic heterocycles. The molecule has 5 heteroatoms. The lowest BCUT2D eigenvalue weighted by Gasteiger charge is -2.56. The molecular formula is C19H26N4O. The van der Waals surface area contributed by atoms with E-state index in [1.807, 2.05) is 16.7 Å². The minimum atomic E-state index is 0.429. The maximum atomic E-state index is 6.41. The van der Waals surface area contributed by atoms with Crippen LogP contribution in [0, 0.1) is 23.2 Å². The van der Waals surface area contributed by atoms with Crippen molar-refractivity contribution in [2.75, 3.05) is 12.3 Å². The van der Waals surface area contributed by atoms with Crippen LogP contribution in [0.1, 0.15) is 51.0 Å². The van der Waals surface area contributed by atoms with Gasteiger partial charge in [0.25, 0.3) is 0 Å². The van der Waals surface area contributed by atoms with Gasteiger partial charge in [-0.25, -0.2) is 0 Å². The van der Waals surface area contributed by atoms with Crippen LogP contribution >= 0.6 is 0 Å². The highest BCUT2D eigenvalue weighted by Crippen LogP contribution is 2.60. The number of hydrogen-bond donors (Lipinski definition) is 1. The normalized spacial score (nSPS) is 34.1. The molecule has 0 radical (unpaired) electrons. The molecular weight excluding hydrogens is 300 g/mol. The Morgan fingerprint density at radius 3 is 2.46 bits per heavy atom. The van der Waals surface area contributed by atoms with E-state index >= 15 is 0 Å². The van der Waals surface area contributed by atoms with E-state index in [2.05, 4.69) is 17.1 Å². The van der Waals surface area contributed by atoms with E-state index < -0.39 is 0 Å². The maximum absolute atomic E-state index is 6.41. The molecule has 2 aromatic rings. The number of hydrogen-bond acceptors (Lipinski definition) is 4. The van der Waals surface area contributed by atoms with Gasteiger partial charge in [-0.3, -0.25) is 4.40 Å². The Balaban J connectivity index is 1.41. The molecule has 4 aliphatic rings. The molecule has 0 saturated heterocycles. The highest BCUT2D eigenvalue weighted by molar-refractivity contribution is 5.51. The fourth-order valence-corrected chi connectivity index (χ4v) is 6.07. The highest BCUT2D eigenvalue weighted by atomic mass is 16.5. The predicted molar refractivity (Wildman–Crippen MR) is 92.9 cm³/mol. The van der Waals surface area contributed by atoms with Crippen LogP contribution in [0.4, 0.5) is 5.95 Å². The van der Waals surface area contributed by atoms with Crippen molar-refractivity contribution in [3.63, 3.8) is 0 Å². The van der Waals surface area contributed by atoms with Crippen LogP contribution in [-0.4, -0.2) is 21.2 Å². The minimum absolute atomic E-state index is 0.429. The third-order valence-electron chi connectivity index (χ3n) is 6.69. The molecule has 0 unspecified atom stereocenters. The SMILES string of the molecule is CCc1cn2c(N)nnc2cc1OCC12CC3CC(CC(C3)C1)C2. The Morgan fingerprint density at radius 2 is 1.83 bits per heavy atom. The van der Waals surface area contributed by atoms with Crippen LogP contribution in [-0.2, 0) is 6.42 Å². The van der Waals surface area contributed by atoms with Crippen molar-refractivity contribution in [3.05, 3.63) is 17.8 Å². The van der Waals surface area contributed by atoms with Gasteiger partial charge in [-0.1, -0.05) is 6.92 Å². The second-order valence-corrected chi connectivity index (χ2v) is 8.51. The Morgan fingerprint density at radius 1 is 1.17 bits per heavy atom. The quantitative estimate of drug-likeness (QED) is 0.934. The fourth-order valence-electron chi connectivity index (χ4n) is 6.07. The Labute approximate surface area is 142 Å². The summed E-state index contributed by atoms with van der Waals surface area (Å²) in [4.78, 5) is 0. The molecule has 2 heterocycles. The fraction of sp³-hybridized carbons (Fsp3) is 0.684. The molecule has 4 saturated carbocycles. The molecule has 0 amide bonds. The largest absolute Gasteiger partial charge is 0.493 e. The lowest BCUT2D eigenvalue weighted by molar-refractivity contribution is -0.0746. The van der Waals surface area contributed by atoms with Crippen molar-refractivity contribution >= 4 is 11.6 Å². The lowest BCUT2D eigenvalue weighted by atomic mass is 9.50. The van der Waals surface area contributed by atoms with Crippen LogP contribution < -0.4 is 10.5 Å². The summed E-state index contributed by atoms with van der Waals surface area (Å²) < 4.78 is 8.25. The second kappa shape index (κ2) is 5.11. The molecule has 2 N–H and O–H groups in total. The average Bonchev–Trinajstić information content (AvgIpc) is 2.91. The Bertz CT molecular complexity index is 746. The topological polar surface area (TPSA) is 65.4 Å². The molecule has 0 spiro atoms. The molecule has 6 rings (SSSR count). The summed E-state index contributed by atoms with van der Waals surface area (Å²) in [6.07, 6.45) is 11.5. The number of ether oxygens (including phenoxy) is 1. The number of anilines is 1. The van der Waals surface area contributed by atoms with Gasteiger partial charge < -0.3 is 10.5 Å². The van der Waals surface area contributed by atoms with E-state index in [0.717, 1.165) is 42.2 Å². The van der Waals surface area contributed by atoms with Crippen molar-refractivity contribution in [1.82, 2.24) is 14.6 Å². The third-order valence-corrected chi connectivity index (χ3v) is 6.69. The van der Waals surface area contributed by atoms with Gasteiger partial charge in [0.05, 0.1) is 6.61 Å². The molecule has 24 heavy (non-hydrogen) atoms. The average molecular weight is 326 g/mol. The van der Waals surface area contributed by atoms with E-state index in [1.165, 1.54) is 44.1 Å². The number of nitrogens with two attached hydrogens (primary N) is 1. The zero-order valence-corrected chi connectivity index (χ0v) is 14.4. The molecule has 0 atom stereocenters. The first-order valence-electron chi connectivity index (χ1n) is 9.40. The zero-order valence-electron chi connectivity index (χ0n) is 14.4. The highest BCUT2D eigenvalue weighted by Gasteiger charge is 2.51. The van der Waals surface area contributed by atoms with Crippen LogP contribution in [0.3, 0.4) is 0 Å². The van der Waals surface area contributed by atoms with Gasteiger partial charge in [0.15, 0.2) is 5.65 Å². The first-order chi connectivity index (χ1) is 11.6. The summed E-state index contributed by atoms with van der Waals surface area (Å²) in [7, 11) is 0. The third kappa shape index (κ3) is 2.20.